The van der Waals surface area contributed by atoms with Crippen LogP contribution in [0.3, 0.4) is 0 Å². The fraction of sp³-hybridized carbons (Fsp3) is 0. The van der Waals surface area contributed by atoms with Crippen LogP contribution in [0.15, 0.2) is 24.4 Å². The maximum absolute atomic E-state index is 13.4. The number of hydrogen-bond donors (Lipinski definition) is 1. The Morgan fingerprint density at radius 1 is 1.25 bits per heavy atom. The van der Waals surface area contributed by atoms with Crippen molar-refractivity contribution >= 4 is 17.5 Å². The van der Waals surface area contributed by atoms with Gasteiger partial charge in [-0.15, -0.1) is 0 Å². The summed E-state index contributed by atoms with van der Waals surface area (Å²) in [5, 5.41) is 0.0667. The van der Waals surface area contributed by atoms with Crippen molar-refractivity contribution in [3.05, 3.63) is 41.1 Å². The van der Waals surface area contributed by atoms with Gasteiger partial charge in [-0.2, -0.15) is 0 Å². The van der Waals surface area contributed by atoms with Gasteiger partial charge in [0.25, 0.3) is 0 Å². The van der Waals surface area contributed by atoms with E-state index in [1.165, 1.54) is 12.1 Å². The molecule has 2 N–H and O–H groups in total. The average Bonchev–Trinajstić information content (AvgIpc) is 2.22. The Hall–Kier alpha value is -1.75. The summed E-state index contributed by atoms with van der Waals surface area (Å²) in [4.78, 5) is 7.20. The lowest BCUT2D eigenvalue weighted by molar-refractivity contribution is 0.617. The Bertz CT molecular complexity index is 546. The van der Waals surface area contributed by atoms with Crippen LogP contribution < -0.4 is 5.73 Å². The molecule has 0 saturated heterocycles. The number of hydrogen-bond acceptors (Lipinski definition) is 3. The van der Waals surface area contributed by atoms with Gasteiger partial charge >= 0.3 is 0 Å². The SMILES string of the molecule is Nc1ncc(F)c(-c2ccc(F)cc2Cl)n1. The van der Waals surface area contributed by atoms with Gasteiger partial charge in [0.2, 0.25) is 5.95 Å². The number of benzene rings is 1. The second kappa shape index (κ2) is 4.02. The number of nitrogen functional groups attached to an aromatic ring is 1. The molecule has 1 aromatic heterocycles. The first-order valence-electron chi connectivity index (χ1n) is 4.31. The molecule has 0 spiro atoms. The molecule has 0 amide bonds. The Balaban J connectivity index is 2.62. The fourth-order valence-electron chi connectivity index (χ4n) is 1.25. The quantitative estimate of drug-likeness (QED) is 0.835. The number of rotatable bonds is 1. The first-order chi connectivity index (χ1) is 7.58. The smallest absolute Gasteiger partial charge is 0.220 e. The highest BCUT2D eigenvalue weighted by Crippen LogP contribution is 2.28. The van der Waals surface area contributed by atoms with Crippen molar-refractivity contribution in [1.82, 2.24) is 9.97 Å². The molecular formula is C10H6ClF2N3. The van der Waals surface area contributed by atoms with E-state index in [0.717, 1.165) is 12.3 Å². The number of halogens is 3. The molecule has 0 saturated carbocycles. The van der Waals surface area contributed by atoms with Crippen LogP contribution in [0.25, 0.3) is 11.3 Å². The van der Waals surface area contributed by atoms with Crippen molar-refractivity contribution in [2.75, 3.05) is 5.73 Å². The molecule has 1 heterocycles. The molecule has 0 atom stereocenters. The third-order valence-corrected chi connectivity index (χ3v) is 2.26. The molecule has 0 unspecified atom stereocenters. The summed E-state index contributed by atoms with van der Waals surface area (Å²) in [5.41, 5.74) is 5.57. The van der Waals surface area contributed by atoms with Crippen LogP contribution in [0.1, 0.15) is 0 Å². The molecule has 2 aromatic rings. The van der Waals surface area contributed by atoms with Crippen LogP contribution in [0.2, 0.25) is 5.02 Å². The van der Waals surface area contributed by atoms with Gasteiger partial charge in [-0.25, -0.2) is 18.7 Å². The first-order valence-corrected chi connectivity index (χ1v) is 4.69. The molecule has 82 valence electrons. The van der Waals surface area contributed by atoms with Gasteiger partial charge in [0.15, 0.2) is 5.82 Å². The Morgan fingerprint density at radius 3 is 2.69 bits per heavy atom. The predicted molar refractivity (Wildman–Crippen MR) is 56.8 cm³/mol. The summed E-state index contributed by atoms with van der Waals surface area (Å²) in [6.45, 7) is 0. The largest absolute Gasteiger partial charge is 0.368 e. The van der Waals surface area contributed by atoms with E-state index in [4.69, 9.17) is 17.3 Å². The molecule has 0 aliphatic heterocycles. The normalized spacial score (nSPS) is 10.4. The zero-order valence-corrected chi connectivity index (χ0v) is 8.67. The maximum Gasteiger partial charge on any atom is 0.220 e. The van der Waals surface area contributed by atoms with Crippen molar-refractivity contribution in [2.45, 2.75) is 0 Å². The van der Waals surface area contributed by atoms with Crippen LogP contribution in [-0.4, -0.2) is 9.97 Å². The van der Waals surface area contributed by atoms with Crippen molar-refractivity contribution in [3.8, 4) is 11.3 Å². The van der Waals surface area contributed by atoms with Crippen molar-refractivity contribution in [2.24, 2.45) is 0 Å². The molecular weight excluding hydrogens is 236 g/mol. The number of anilines is 1. The molecule has 3 nitrogen and oxygen atoms in total. The third kappa shape index (κ3) is 1.94. The highest BCUT2D eigenvalue weighted by molar-refractivity contribution is 6.33. The molecule has 0 aliphatic carbocycles. The third-order valence-electron chi connectivity index (χ3n) is 1.95. The summed E-state index contributed by atoms with van der Waals surface area (Å²) >= 11 is 5.78. The van der Waals surface area contributed by atoms with E-state index in [9.17, 15) is 8.78 Å². The van der Waals surface area contributed by atoms with E-state index in [1.54, 1.807) is 0 Å². The van der Waals surface area contributed by atoms with Gasteiger partial charge < -0.3 is 5.73 Å². The molecule has 0 radical (unpaired) electrons. The minimum Gasteiger partial charge on any atom is -0.368 e. The summed E-state index contributed by atoms with van der Waals surface area (Å²) in [6.07, 6.45) is 0.942. The van der Waals surface area contributed by atoms with Crippen LogP contribution >= 0.6 is 11.6 Å². The van der Waals surface area contributed by atoms with Crippen LogP contribution in [0.4, 0.5) is 14.7 Å². The lowest BCUT2D eigenvalue weighted by atomic mass is 10.1. The summed E-state index contributed by atoms with van der Waals surface area (Å²) in [7, 11) is 0. The van der Waals surface area contributed by atoms with E-state index in [2.05, 4.69) is 9.97 Å². The van der Waals surface area contributed by atoms with Gasteiger partial charge in [0.05, 0.1) is 11.2 Å². The minimum atomic E-state index is -0.664. The second-order valence-electron chi connectivity index (χ2n) is 3.05. The Morgan fingerprint density at radius 2 is 2.00 bits per heavy atom. The number of nitrogens with two attached hydrogens (primary N) is 1. The van der Waals surface area contributed by atoms with Crippen molar-refractivity contribution < 1.29 is 8.78 Å². The topological polar surface area (TPSA) is 51.8 Å². The van der Waals surface area contributed by atoms with Crippen LogP contribution in [0, 0.1) is 11.6 Å². The molecule has 16 heavy (non-hydrogen) atoms. The van der Waals surface area contributed by atoms with E-state index < -0.39 is 11.6 Å². The highest BCUT2D eigenvalue weighted by atomic mass is 35.5. The summed E-state index contributed by atoms with van der Waals surface area (Å²) in [5.74, 6) is -1.24. The lowest BCUT2D eigenvalue weighted by Crippen LogP contribution is -1.99. The van der Waals surface area contributed by atoms with Gasteiger partial charge in [-0.3, -0.25) is 0 Å². The van der Waals surface area contributed by atoms with Crippen molar-refractivity contribution in [3.63, 3.8) is 0 Å². The number of aromatic nitrogens is 2. The summed E-state index contributed by atoms with van der Waals surface area (Å²) < 4.78 is 26.2. The second-order valence-corrected chi connectivity index (χ2v) is 3.46. The van der Waals surface area contributed by atoms with Crippen LogP contribution in [0.5, 0.6) is 0 Å². The lowest BCUT2D eigenvalue weighted by Gasteiger charge is -2.05. The first kappa shape index (κ1) is 10.8. The number of nitrogens with zero attached hydrogens (tertiary/aromatic N) is 2. The Labute approximate surface area is 94.9 Å². The standard InChI is InChI=1S/C10H6ClF2N3/c11-7-3-5(12)1-2-6(7)9-8(13)4-15-10(14)16-9/h1-4H,(H2,14,15,16). The molecule has 1 aromatic carbocycles. The fourth-order valence-corrected chi connectivity index (χ4v) is 1.51. The van der Waals surface area contributed by atoms with Gasteiger partial charge in [-0.1, -0.05) is 11.6 Å². The zero-order valence-electron chi connectivity index (χ0n) is 7.92. The molecule has 0 bridgehead atoms. The Kier molecular flexibility index (Phi) is 2.70. The van der Waals surface area contributed by atoms with E-state index in [0.29, 0.717) is 0 Å². The van der Waals surface area contributed by atoms with Gasteiger partial charge in [-0.05, 0) is 18.2 Å². The van der Waals surface area contributed by atoms with Gasteiger partial charge in [0, 0.05) is 5.56 Å². The zero-order chi connectivity index (χ0) is 11.7. The molecule has 2 rings (SSSR count). The van der Waals surface area contributed by atoms with E-state index >= 15 is 0 Å². The van der Waals surface area contributed by atoms with Gasteiger partial charge in [0.1, 0.15) is 11.5 Å². The predicted octanol–water partition coefficient (Wildman–Crippen LogP) is 2.66. The average molecular weight is 242 g/mol. The molecule has 6 heteroatoms. The highest BCUT2D eigenvalue weighted by Gasteiger charge is 2.12. The summed E-state index contributed by atoms with van der Waals surface area (Å²) in [6, 6.07) is 3.58. The minimum absolute atomic E-state index is 0.0440. The molecule has 0 aliphatic rings. The van der Waals surface area contributed by atoms with Crippen molar-refractivity contribution in [1.29, 1.82) is 0 Å². The van der Waals surface area contributed by atoms with Crippen LogP contribution in [-0.2, 0) is 0 Å². The maximum atomic E-state index is 13.4. The van der Waals surface area contributed by atoms with E-state index in [-0.39, 0.29) is 22.2 Å². The van der Waals surface area contributed by atoms with E-state index in [1.807, 2.05) is 0 Å². The monoisotopic (exact) mass is 241 g/mol. The molecule has 0 fully saturated rings.